The van der Waals surface area contributed by atoms with Gasteiger partial charge in [-0.2, -0.15) is 0 Å². The van der Waals surface area contributed by atoms with E-state index in [1.807, 2.05) is 85.1 Å². The molecule has 8 aromatic rings. The number of pyridine rings is 5. The molecule has 0 spiro atoms. The summed E-state index contributed by atoms with van der Waals surface area (Å²) in [5.74, 6) is 2.02. The van der Waals surface area contributed by atoms with E-state index in [9.17, 15) is 41.9 Å². The van der Waals surface area contributed by atoms with Crippen LogP contribution in [0.4, 0.5) is 27.6 Å². The molecule has 7 aliphatic rings. The normalized spacial score (nSPS) is 23.9. The molecule has 5 N–H and O–H groups in total. The first-order valence-corrected chi connectivity index (χ1v) is 37.9. The van der Waals surface area contributed by atoms with E-state index in [1.54, 1.807) is 75.9 Å². The van der Waals surface area contributed by atoms with Crippen LogP contribution >= 0.6 is 0 Å². The molecule has 3 fully saturated rings. The van der Waals surface area contributed by atoms with Crippen LogP contribution in [0.5, 0.6) is 0 Å². The molecule has 3 amide bonds. The molecule has 17 nitrogen and oxygen atoms in total. The monoisotopic (exact) mass is 1460 g/mol. The van der Waals surface area contributed by atoms with Gasteiger partial charge in [0.2, 0.25) is 5.56 Å². The largest absolute Gasteiger partial charge is 0.450 e. The number of nitrogens with one attached hydrogen (secondary N) is 5. The molecule has 7 aliphatic carbocycles. The number of halogens is 3. The van der Waals surface area contributed by atoms with Crippen molar-refractivity contribution in [2.75, 3.05) is 19.8 Å². The maximum atomic E-state index is 13.6. The van der Waals surface area contributed by atoms with E-state index >= 15 is 0 Å². The standard InChI is InChI=1S/C30H31FN2O3.2C29H30FN3O3/c1-2-36-30(35)33-25-9-11-27-21(16-25)14-22-17-26(34)10-13-28(22)29(27)12-8-24-7-6-20(18-32-24)19-4-3-5-23(31)15-19;1-2-36-29(35)33-24-9-10-25-20(14-24)12-21-17-32-28(34)15-27(21)26(25)11-8-23-7-6-19(16-31-23)18-4-3-5-22(30)13-18;1-2-36-29(35)33-23-9-10-24-20(15-23)16-27-26(12-13-31-28(27)34)25(24)11-8-22-7-6-19(17-32-22)18-4-3-5-21(30)14-18/h3-8,10,12-13,15,18,21,25,27,29H,2,9,11,14,16-17H2,1H3,(H,33,35);3-8,11,13,15-17,20,24-26H,2,9-10,12,14H2,1H3,(H,32,34)(H,33,35);3-8,11-14,17,20,23-25H,2,9-10,15-16H2,1H3,(H,31,34)(H,33,35)/b12-8+;2*11-8+/t21-,25-,27-,29+;20-,24-,25-,26+;20-,23+,24+,25-/m110/s1. The van der Waals surface area contributed by atoms with Crippen LogP contribution in [0, 0.1) is 58.9 Å². The van der Waals surface area contributed by atoms with E-state index in [0.29, 0.717) is 68.2 Å². The van der Waals surface area contributed by atoms with Crippen LogP contribution in [0.3, 0.4) is 0 Å². The van der Waals surface area contributed by atoms with E-state index in [1.165, 1.54) is 47.5 Å². The molecule has 15 rings (SSSR count). The van der Waals surface area contributed by atoms with Crippen LogP contribution in [0.2, 0.25) is 0 Å². The molecular formula is C88H91F3N8O9. The van der Waals surface area contributed by atoms with Gasteiger partial charge in [0, 0.05) is 102 Å². The summed E-state index contributed by atoms with van der Waals surface area (Å²) in [6.45, 7) is 6.46. The number of carbonyl (C=O) groups excluding carboxylic acids is 4. The second kappa shape index (κ2) is 35.1. The quantitative estimate of drug-likeness (QED) is 0.0603. The fourth-order valence-corrected chi connectivity index (χ4v) is 17.6. The second-order valence-corrected chi connectivity index (χ2v) is 29.2. The average molecular weight is 1460 g/mol. The zero-order valence-corrected chi connectivity index (χ0v) is 60.9. The van der Waals surface area contributed by atoms with Crippen molar-refractivity contribution in [1.82, 2.24) is 40.9 Å². The van der Waals surface area contributed by atoms with E-state index < -0.39 is 0 Å². The van der Waals surface area contributed by atoms with Crippen LogP contribution in [0.15, 0.2) is 203 Å². The lowest BCUT2D eigenvalue weighted by molar-refractivity contribution is -0.114. The minimum Gasteiger partial charge on any atom is -0.450 e. The molecule has 558 valence electrons. The lowest BCUT2D eigenvalue weighted by Crippen LogP contribution is -2.45. The molecule has 108 heavy (non-hydrogen) atoms. The third-order valence-corrected chi connectivity index (χ3v) is 22.5. The number of H-pyrrole nitrogens is 2. The number of hydrogen-bond acceptors (Lipinski definition) is 12. The molecule has 5 aromatic heterocycles. The lowest BCUT2D eigenvalue weighted by Gasteiger charge is -2.45. The number of aromatic amines is 2. The summed E-state index contributed by atoms with van der Waals surface area (Å²) >= 11 is 0. The number of hydrogen-bond donors (Lipinski definition) is 5. The number of allylic oxidation sites excluding steroid dienone is 7. The Morgan fingerprint density at radius 2 is 0.917 bits per heavy atom. The van der Waals surface area contributed by atoms with Gasteiger partial charge in [-0.05, 0) is 257 Å². The minimum atomic E-state index is -0.376. The average Bonchev–Trinajstić information content (AvgIpc) is 0.774. The number of fused-ring (bicyclic) bond motifs is 5. The summed E-state index contributed by atoms with van der Waals surface area (Å²) in [5, 5.41) is 9.02. The van der Waals surface area contributed by atoms with Crippen molar-refractivity contribution in [3.63, 3.8) is 0 Å². The first-order chi connectivity index (χ1) is 52.5. The summed E-state index contributed by atoms with van der Waals surface area (Å²) in [6.07, 6.45) is 35.3. The Hall–Kier alpha value is -11.0. The van der Waals surface area contributed by atoms with Gasteiger partial charge in [0.1, 0.15) is 17.5 Å². The predicted octanol–water partition coefficient (Wildman–Crippen LogP) is 17.2. The van der Waals surface area contributed by atoms with Crippen molar-refractivity contribution < 1.29 is 46.6 Å². The van der Waals surface area contributed by atoms with Crippen molar-refractivity contribution in [1.29, 1.82) is 0 Å². The summed E-state index contributed by atoms with van der Waals surface area (Å²) < 4.78 is 56.0. The van der Waals surface area contributed by atoms with Crippen LogP contribution in [0.25, 0.3) is 51.6 Å². The molecular weight excluding hydrogens is 1370 g/mol. The van der Waals surface area contributed by atoms with Crippen LogP contribution < -0.4 is 27.1 Å². The molecule has 0 bridgehead atoms. The van der Waals surface area contributed by atoms with Crippen molar-refractivity contribution >= 4 is 42.3 Å². The van der Waals surface area contributed by atoms with Crippen molar-refractivity contribution in [3.05, 3.63) is 271 Å². The first kappa shape index (κ1) is 75.2. The van der Waals surface area contributed by atoms with Gasteiger partial charge in [-0.15, -0.1) is 0 Å². The number of ketones is 1. The highest BCUT2D eigenvalue weighted by molar-refractivity contribution is 5.94. The Kier molecular flexibility index (Phi) is 24.5. The molecule has 20 heteroatoms. The number of carbonyl (C=O) groups is 4. The number of benzene rings is 3. The molecule has 3 aromatic carbocycles. The number of aromatic nitrogens is 5. The Balaban J connectivity index is 0.000000143. The zero-order chi connectivity index (χ0) is 75.2. The zero-order valence-electron chi connectivity index (χ0n) is 60.9. The molecule has 0 saturated heterocycles. The van der Waals surface area contributed by atoms with Gasteiger partial charge in [-0.1, -0.05) is 84.5 Å². The number of alkyl carbamates (subject to hydrolysis) is 3. The Labute approximate surface area is 626 Å². The van der Waals surface area contributed by atoms with Crippen molar-refractivity contribution in [2.45, 2.75) is 134 Å². The van der Waals surface area contributed by atoms with Gasteiger partial charge in [-0.3, -0.25) is 29.3 Å². The van der Waals surface area contributed by atoms with E-state index in [-0.39, 0.29) is 88.5 Å². The molecule has 0 unspecified atom stereocenters. The molecule has 0 radical (unpaired) electrons. The lowest BCUT2D eigenvalue weighted by atomic mass is 9.61. The van der Waals surface area contributed by atoms with Gasteiger partial charge < -0.3 is 40.1 Å². The summed E-state index contributed by atoms with van der Waals surface area (Å²) in [4.78, 5) is 92.3. The van der Waals surface area contributed by atoms with Gasteiger partial charge in [0.15, 0.2) is 5.78 Å². The Morgan fingerprint density at radius 3 is 1.36 bits per heavy atom. The predicted molar refractivity (Wildman–Crippen MR) is 411 cm³/mol. The van der Waals surface area contributed by atoms with E-state index in [0.717, 1.165) is 143 Å². The third-order valence-electron chi connectivity index (χ3n) is 22.5. The maximum Gasteiger partial charge on any atom is 0.407 e. The fraction of sp³-hybridized carbons (Fsp3) is 0.352. The number of ether oxygens (including phenoxy) is 3. The van der Waals surface area contributed by atoms with Crippen LogP contribution in [-0.4, -0.2) is 86.9 Å². The molecule has 5 heterocycles. The maximum absolute atomic E-state index is 13.6. The van der Waals surface area contributed by atoms with Crippen molar-refractivity contribution in [2.24, 2.45) is 41.4 Å². The van der Waals surface area contributed by atoms with Crippen LogP contribution in [0.1, 0.15) is 143 Å². The summed E-state index contributed by atoms with van der Waals surface area (Å²) in [6, 6.07) is 35.1. The highest BCUT2D eigenvalue weighted by Gasteiger charge is 2.44. The third kappa shape index (κ3) is 18.7. The molecule has 0 aliphatic heterocycles. The van der Waals surface area contributed by atoms with Gasteiger partial charge >= 0.3 is 18.3 Å². The molecule has 3 saturated carbocycles. The number of nitrogens with zero attached hydrogens (tertiary/aromatic N) is 3. The Bertz CT molecular complexity index is 4710. The number of rotatable bonds is 15. The van der Waals surface area contributed by atoms with Gasteiger partial charge in [0.05, 0.1) is 36.9 Å². The summed E-state index contributed by atoms with van der Waals surface area (Å²) in [7, 11) is 0. The van der Waals surface area contributed by atoms with Gasteiger partial charge in [0.25, 0.3) is 5.56 Å². The highest BCUT2D eigenvalue weighted by Crippen LogP contribution is 2.51. The molecule has 12 atom stereocenters. The second-order valence-electron chi connectivity index (χ2n) is 29.2. The fourth-order valence-electron chi connectivity index (χ4n) is 17.6. The van der Waals surface area contributed by atoms with Gasteiger partial charge in [-0.25, -0.2) is 27.6 Å². The first-order valence-electron chi connectivity index (χ1n) is 37.9. The Morgan fingerprint density at radius 1 is 0.481 bits per heavy atom. The topological polar surface area (TPSA) is 236 Å². The summed E-state index contributed by atoms with van der Waals surface area (Å²) in [5.41, 5.74) is 13.9. The van der Waals surface area contributed by atoms with Crippen LogP contribution in [-0.2, 0) is 31.8 Å². The van der Waals surface area contributed by atoms with Crippen molar-refractivity contribution in [3.8, 4) is 33.4 Å². The number of amides is 3. The van der Waals surface area contributed by atoms with E-state index in [2.05, 4.69) is 65.2 Å². The minimum absolute atomic E-state index is 0.0394. The SMILES string of the molecule is CCOC(=O)N[C@@H]1CC[C@@H]2[C@H](CC3=C(C=CC(=O)C3)[C@H]2/C=C/c2ccc(-c3cccc(F)c3)cn2)C1.CCOC(=O)N[C@@H]1CC[C@@H]2[C@H](Cc3c(cc[nH]c3=O)[C@H]2/C=C/c2ccc(-c3cccc(F)c3)cn2)C1.CCOC(=O)N[C@@H]1CC[C@@H]2[C@H](Cc3c[nH]c(=O)cc3[C@H]2/C=C/c2ccc(-c3cccc(F)c3)cn2)C1. The highest BCUT2D eigenvalue weighted by atomic mass is 19.1. The van der Waals surface area contributed by atoms with E-state index in [4.69, 9.17) is 14.2 Å². The smallest absolute Gasteiger partial charge is 0.407 e.